The molecule has 0 aliphatic rings. The minimum Gasteiger partial charge on any atom is -0.465 e. The van der Waals surface area contributed by atoms with Crippen LogP contribution < -0.4 is 5.73 Å². The Morgan fingerprint density at radius 2 is 2.07 bits per heavy atom. The normalized spacial score (nSPS) is 11.5. The number of hydrogen-bond acceptors (Lipinski definition) is 4. The highest BCUT2D eigenvalue weighted by atomic mass is 16.5. The van der Waals surface area contributed by atoms with E-state index in [1.54, 1.807) is 24.3 Å². The van der Waals surface area contributed by atoms with Crippen LogP contribution in [0.4, 0.5) is 0 Å². The van der Waals surface area contributed by atoms with Crippen molar-refractivity contribution in [3.05, 3.63) is 35.4 Å². The first-order chi connectivity index (χ1) is 6.69. The van der Waals surface area contributed by atoms with Gasteiger partial charge in [-0.05, 0) is 17.7 Å². The first kappa shape index (κ1) is 10.2. The number of rotatable bonds is 2. The maximum atomic E-state index is 11.0. The summed E-state index contributed by atoms with van der Waals surface area (Å²) in [5.74, 6) is -0.401. The van der Waals surface area contributed by atoms with Crippen molar-refractivity contribution in [2.75, 3.05) is 7.11 Å². The van der Waals surface area contributed by atoms with Gasteiger partial charge in [0.1, 0.15) is 6.04 Å². The van der Waals surface area contributed by atoms with E-state index >= 15 is 0 Å². The molecular formula is C10H10N2O2. The summed E-state index contributed by atoms with van der Waals surface area (Å²) >= 11 is 0. The molecule has 72 valence electrons. The third kappa shape index (κ3) is 2.09. The number of hydrogen-bond donors (Lipinski definition) is 1. The molecule has 1 atom stereocenters. The summed E-state index contributed by atoms with van der Waals surface area (Å²) in [4.78, 5) is 11.0. The van der Waals surface area contributed by atoms with E-state index in [9.17, 15) is 4.79 Å². The lowest BCUT2D eigenvalue weighted by atomic mass is 10.1. The number of benzene rings is 1. The second-order valence-corrected chi connectivity index (χ2v) is 2.72. The Bertz CT molecular complexity index is 365. The molecule has 0 saturated carbocycles. The van der Waals surface area contributed by atoms with Crippen LogP contribution in [0.15, 0.2) is 24.3 Å². The molecule has 0 aliphatic heterocycles. The first-order valence-corrected chi connectivity index (χ1v) is 4.02. The zero-order valence-electron chi connectivity index (χ0n) is 7.73. The van der Waals surface area contributed by atoms with Crippen LogP contribution in [0.3, 0.4) is 0 Å². The maximum Gasteiger partial charge on any atom is 0.337 e. The van der Waals surface area contributed by atoms with Crippen molar-refractivity contribution in [1.29, 1.82) is 5.26 Å². The van der Waals surface area contributed by atoms with E-state index in [-0.39, 0.29) is 0 Å². The lowest BCUT2D eigenvalue weighted by Crippen LogP contribution is -2.08. The lowest BCUT2D eigenvalue weighted by molar-refractivity contribution is 0.0600. The fraction of sp³-hybridized carbons (Fsp3) is 0.200. The number of nitrogens with zero attached hydrogens (tertiary/aromatic N) is 1. The zero-order chi connectivity index (χ0) is 10.6. The second-order valence-electron chi connectivity index (χ2n) is 2.72. The van der Waals surface area contributed by atoms with E-state index < -0.39 is 12.0 Å². The topological polar surface area (TPSA) is 76.1 Å². The molecule has 1 unspecified atom stereocenters. The molecule has 1 rings (SSSR count). The zero-order valence-corrected chi connectivity index (χ0v) is 7.73. The minimum atomic E-state index is -0.651. The summed E-state index contributed by atoms with van der Waals surface area (Å²) in [5, 5.41) is 8.55. The quantitative estimate of drug-likeness (QED) is 0.706. The molecule has 2 N–H and O–H groups in total. The van der Waals surface area contributed by atoms with Crippen molar-refractivity contribution in [2.24, 2.45) is 5.73 Å². The Hall–Kier alpha value is -1.86. The highest BCUT2D eigenvalue weighted by molar-refractivity contribution is 5.89. The standard InChI is InChI=1S/C10H10N2O2/c1-14-10(13)8-4-2-7(3-5-8)9(12)6-11/h2-5,9H,12H2,1H3. The van der Waals surface area contributed by atoms with Crippen LogP contribution in [0.25, 0.3) is 0 Å². The summed E-state index contributed by atoms with van der Waals surface area (Å²) < 4.78 is 4.53. The van der Waals surface area contributed by atoms with E-state index in [4.69, 9.17) is 11.0 Å². The van der Waals surface area contributed by atoms with Crippen LogP contribution in [0.2, 0.25) is 0 Å². The van der Waals surface area contributed by atoms with Crippen LogP contribution >= 0.6 is 0 Å². The second kappa shape index (κ2) is 4.40. The summed E-state index contributed by atoms with van der Waals surface area (Å²) in [6.07, 6.45) is 0. The smallest absolute Gasteiger partial charge is 0.337 e. The molecule has 0 saturated heterocycles. The van der Waals surface area contributed by atoms with E-state index in [2.05, 4.69) is 4.74 Å². The summed E-state index contributed by atoms with van der Waals surface area (Å²) in [6.45, 7) is 0. The lowest BCUT2D eigenvalue weighted by Gasteiger charge is -2.03. The molecule has 0 heterocycles. The summed E-state index contributed by atoms with van der Waals surface area (Å²) in [5.41, 5.74) is 6.60. The van der Waals surface area contributed by atoms with Gasteiger partial charge in [0.2, 0.25) is 0 Å². The molecule has 4 heteroatoms. The van der Waals surface area contributed by atoms with E-state index in [1.807, 2.05) is 6.07 Å². The van der Waals surface area contributed by atoms with Crippen molar-refractivity contribution in [2.45, 2.75) is 6.04 Å². The predicted molar refractivity (Wildman–Crippen MR) is 50.3 cm³/mol. The third-order valence-electron chi connectivity index (χ3n) is 1.83. The molecule has 1 aromatic carbocycles. The van der Waals surface area contributed by atoms with Gasteiger partial charge in [-0.2, -0.15) is 5.26 Å². The van der Waals surface area contributed by atoms with Crippen molar-refractivity contribution < 1.29 is 9.53 Å². The number of nitriles is 1. The van der Waals surface area contributed by atoms with E-state index in [0.717, 1.165) is 0 Å². The van der Waals surface area contributed by atoms with Gasteiger partial charge in [0.25, 0.3) is 0 Å². The monoisotopic (exact) mass is 190 g/mol. The molecule has 0 aliphatic carbocycles. The van der Waals surface area contributed by atoms with E-state index in [1.165, 1.54) is 7.11 Å². The molecule has 0 radical (unpaired) electrons. The van der Waals surface area contributed by atoms with Crippen molar-refractivity contribution in [1.82, 2.24) is 0 Å². The van der Waals surface area contributed by atoms with Crippen molar-refractivity contribution in [3.63, 3.8) is 0 Å². The van der Waals surface area contributed by atoms with Crippen LogP contribution in [0, 0.1) is 11.3 Å². The molecule has 4 nitrogen and oxygen atoms in total. The Balaban J connectivity index is 2.90. The van der Waals surface area contributed by atoms with Gasteiger partial charge in [-0.1, -0.05) is 12.1 Å². The molecule has 1 aromatic rings. The molecule has 0 fully saturated rings. The van der Waals surface area contributed by atoms with E-state index in [0.29, 0.717) is 11.1 Å². The van der Waals surface area contributed by atoms with Crippen LogP contribution in [-0.4, -0.2) is 13.1 Å². The van der Waals surface area contributed by atoms with Gasteiger partial charge >= 0.3 is 5.97 Å². The molecule has 0 spiro atoms. The van der Waals surface area contributed by atoms with Gasteiger partial charge < -0.3 is 10.5 Å². The molecule has 0 aromatic heterocycles. The van der Waals surface area contributed by atoms with Gasteiger partial charge in [-0.25, -0.2) is 4.79 Å². The summed E-state index contributed by atoms with van der Waals surface area (Å²) in [7, 11) is 1.32. The Morgan fingerprint density at radius 1 is 1.50 bits per heavy atom. The molecule has 0 amide bonds. The number of carbonyl (C=O) groups is 1. The Morgan fingerprint density at radius 3 is 2.50 bits per heavy atom. The van der Waals surface area contributed by atoms with Crippen LogP contribution in [0.5, 0.6) is 0 Å². The Kier molecular flexibility index (Phi) is 3.21. The average molecular weight is 190 g/mol. The van der Waals surface area contributed by atoms with Crippen LogP contribution in [0.1, 0.15) is 22.0 Å². The first-order valence-electron chi connectivity index (χ1n) is 4.02. The average Bonchev–Trinajstić information content (AvgIpc) is 2.27. The van der Waals surface area contributed by atoms with Crippen molar-refractivity contribution >= 4 is 5.97 Å². The molecule has 14 heavy (non-hydrogen) atoms. The molecule has 0 bridgehead atoms. The van der Waals surface area contributed by atoms with Gasteiger partial charge in [-0.15, -0.1) is 0 Å². The van der Waals surface area contributed by atoms with Gasteiger partial charge in [-0.3, -0.25) is 0 Å². The third-order valence-corrected chi connectivity index (χ3v) is 1.83. The number of carbonyl (C=O) groups excluding carboxylic acids is 1. The van der Waals surface area contributed by atoms with Crippen molar-refractivity contribution in [3.8, 4) is 6.07 Å². The van der Waals surface area contributed by atoms with Gasteiger partial charge in [0.05, 0.1) is 18.7 Å². The highest BCUT2D eigenvalue weighted by Gasteiger charge is 2.07. The number of methoxy groups -OCH3 is 1. The number of esters is 1. The highest BCUT2D eigenvalue weighted by Crippen LogP contribution is 2.11. The van der Waals surface area contributed by atoms with Gasteiger partial charge in [0.15, 0.2) is 0 Å². The fourth-order valence-electron chi connectivity index (χ4n) is 1.02. The van der Waals surface area contributed by atoms with Crippen LogP contribution in [-0.2, 0) is 4.74 Å². The predicted octanol–water partition coefficient (Wildman–Crippen LogP) is 0.997. The summed E-state index contributed by atoms with van der Waals surface area (Å²) in [6, 6.07) is 7.70. The Labute approximate surface area is 81.9 Å². The maximum absolute atomic E-state index is 11.0. The molecular weight excluding hydrogens is 180 g/mol. The number of ether oxygens (including phenoxy) is 1. The SMILES string of the molecule is COC(=O)c1ccc(C(N)C#N)cc1. The minimum absolute atomic E-state index is 0.401. The largest absolute Gasteiger partial charge is 0.465 e. The number of nitrogens with two attached hydrogens (primary N) is 1. The van der Waals surface area contributed by atoms with Gasteiger partial charge in [0, 0.05) is 0 Å². The fourth-order valence-corrected chi connectivity index (χ4v) is 1.02.